The van der Waals surface area contributed by atoms with Crippen LogP contribution in [0.1, 0.15) is 24.2 Å². The number of anilines is 1. The number of carbonyl (C=O) groups is 1. The molecule has 0 aliphatic rings. The second-order valence-electron chi connectivity index (χ2n) is 7.17. The van der Waals surface area contributed by atoms with E-state index in [0.717, 1.165) is 36.5 Å². The zero-order valence-electron chi connectivity index (χ0n) is 17.3. The molecule has 2 heterocycles. The molecule has 0 aliphatic heterocycles. The largest absolute Gasteiger partial charge is 0.354 e. The second kappa shape index (κ2) is 10.3. The Labute approximate surface area is 176 Å². The normalized spacial score (nSPS) is 12.1. The van der Waals surface area contributed by atoms with Crippen LogP contribution in [0.4, 0.5) is 5.95 Å². The molecule has 2 aromatic heterocycles. The molecule has 3 aromatic rings. The number of aryl methyl sites for hydroxylation is 3. The van der Waals surface area contributed by atoms with E-state index < -0.39 is 0 Å². The van der Waals surface area contributed by atoms with Crippen molar-refractivity contribution in [1.82, 2.24) is 19.9 Å². The fraction of sp³-hybridized carbons (Fsp3) is 0.409. The van der Waals surface area contributed by atoms with Crippen molar-refractivity contribution in [3.8, 4) is 0 Å². The Bertz CT molecular complexity index is 935. The highest BCUT2D eigenvalue weighted by Gasteiger charge is 2.19. The lowest BCUT2D eigenvalue weighted by atomic mass is 10.2. The summed E-state index contributed by atoms with van der Waals surface area (Å²) in [5.74, 6) is 1.41. The number of nitrogens with zero attached hydrogens (tertiary/aromatic N) is 3. The molecule has 2 N–H and O–H groups in total. The first-order chi connectivity index (χ1) is 14.1. The van der Waals surface area contributed by atoms with Gasteiger partial charge in [-0.25, -0.2) is 9.97 Å². The minimum absolute atomic E-state index is 0.000765. The highest BCUT2D eigenvalue weighted by molar-refractivity contribution is 7.98. The van der Waals surface area contributed by atoms with Crippen molar-refractivity contribution in [2.24, 2.45) is 0 Å². The molecule has 1 aromatic carbocycles. The Kier molecular flexibility index (Phi) is 7.52. The van der Waals surface area contributed by atoms with E-state index in [9.17, 15) is 4.79 Å². The van der Waals surface area contributed by atoms with E-state index in [-0.39, 0.29) is 11.9 Å². The smallest absolute Gasteiger partial charge is 0.242 e. The topological polar surface area (TPSA) is 71.8 Å². The summed E-state index contributed by atoms with van der Waals surface area (Å²) >= 11 is 1.73. The lowest BCUT2D eigenvalue weighted by Crippen LogP contribution is -2.41. The van der Waals surface area contributed by atoms with Crippen LogP contribution in [0.3, 0.4) is 0 Å². The minimum atomic E-state index is -0.337. The summed E-state index contributed by atoms with van der Waals surface area (Å²) in [4.78, 5) is 21.6. The van der Waals surface area contributed by atoms with Crippen LogP contribution in [0.15, 0.2) is 42.6 Å². The van der Waals surface area contributed by atoms with Crippen molar-refractivity contribution in [2.45, 2.75) is 39.3 Å². The van der Waals surface area contributed by atoms with Crippen LogP contribution in [0.25, 0.3) is 10.9 Å². The Balaban J connectivity index is 1.53. The monoisotopic (exact) mass is 411 g/mol. The number of amides is 1. The fourth-order valence-corrected chi connectivity index (χ4v) is 3.84. The number of hydrogen-bond acceptors (Lipinski definition) is 5. The number of benzene rings is 1. The van der Waals surface area contributed by atoms with Gasteiger partial charge in [0.25, 0.3) is 0 Å². The van der Waals surface area contributed by atoms with Gasteiger partial charge in [-0.05, 0) is 62.3 Å². The van der Waals surface area contributed by atoms with E-state index in [2.05, 4.69) is 55.6 Å². The Morgan fingerprint density at radius 1 is 1.17 bits per heavy atom. The number of hydrogen-bond donors (Lipinski definition) is 2. The van der Waals surface area contributed by atoms with Gasteiger partial charge >= 0.3 is 0 Å². The first-order valence-corrected chi connectivity index (χ1v) is 11.4. The second-order valence-corrected chi connectivity index (χ2v) is 8.15. The molecule has 1 unspecified atom stereocenters. The highest BCUT2D eigenvalue weighted by Crippen LogP contribution is 2.15. The quantitative estimate of drug-likeness (QED) is 0.497. The zero-order valence-corrected chi connectivity index (χ0v) is 18.1. The van der Waals surface area contributed by atoms with Crippen molar-refractivity contribution in [2.75, 3.05) is 23.9 Å². The van der Waals surface area contributed by atoms with Crippen molar-refractivity contribution < 1.29 is 4.79 Å². The molecule has 0 bridgehead atoms. The summed E-state index contributed by atoms with van der Waals surface area (Å²) in [6, 6.07) is 12.1. The van der Waals surface area contributed by atoms with Gasteiger partial charge in [0, 0.05) is 36.2 Å². The van der Waals surface area contributed by atoms with Gasteiger partial charge in [-0.1, -0.05) is 18.2 Å². The SMILES string of the molecule is CSCCC(Nc1nc(C)cc(C)n1)C(=O)NCCCn1ccc2ccccc21. The minimum Gasteiger partial charge on any atom is -0.354 e. The molecule has 3 rings (SSSR count). The van der Waals surface area contributed by atoms with Gasteiger partial charge in [-0.2, -0.15) is 11.8 Å². The fourth-order valence-electron chi connectivity index (χ4n) is 3.37. The van der Waals surface area contributed by atoms with Gasteiger partial charge in [0.1, 0.15) is 6.04 Å². The maximum atomic E-state index is 12.8. The molecule has 6 nitrogen and oxygen atoms in total. The molecule has 0 saturated heterocycles. The molecule has 0 spiro atoms. The van der Waals surface area contributed by atoms with Crippen LogP contribution in [-0.2, 0) is 11.3 Å². The molecule has 1 amide bonds. The lowest BCUT2D eigenvalue weighted by Gasteiger charge is -2.18. The average Bonchev–Trinajstić information content (AvgIpc) is 3.10. The van der Waals surface area contributed by atoms with Gasteiger partial charge < -0.3 is 15.2 Å². The maximum Gasteiger partial charge on any atom is 0.242 e. The summed E-state index contributed by atoms with van der Waals surface area (Å²) in [6.45, 7) is 5.37. The zero-order chi connectivity index (χ0) is 20.6. The Morgan fingerprint density at radius 2 is 1.93 bits per heavy atom. The molecule has 29 heavy (non-hydrogen) atoms. The van der Waals surface area contributed by atoms with Crippen molar-refractivity contribution in [3.63, 3.8) is 0 Å². The Morgan fingerprint density at radius 3 is 2.69 bits per heavy atom. The number of fused-ring (bicyclic) bond motifs is 1. The standard InChI is InChI=1S/C22H29N5OS/c1-16-15-17(2)25-22(24-16)26-19(10-14-29-3)21(28)23-11-6-12-27-13-9-18-7-4-5-8-20(18)27/h4-5,7-9,13,15,19H,6,10-12,14H2,1-3H3,(H,23,28)(H,24,25,26). The van der Waals surface area contributed by atoms with Crippen LogP contribution in [0.2, 0.25) is 0 Å². The number of carbonyl (C=O) groups excluding carboxylic acids is 1. The van der Waals surface area contributed by atoms with Gasteiger partial charge in [-0.15, -0.1) is 0 Å². The predicted octanol–water partition coefficient (Wildman–Crippen LogP) is 3.79. The van der Waals surface area contributed by atoms with Crippen LogP contribution < -0.4 is 10.6 Å². The predicted molar refractivity (Wildman–Crippen MR) is 121 cm³/mol. The van der Waals surface area contributed by atoms with Crippen LogP contribution in [0, 0.1) is 13.8 Å². The van der Waals surface area contributed by atoms with Crippen LogP contribution in [0.5, 0.6) is 0 Å². The third kappa shape index (κ3) is 5.97. The molecule has 0 fully saturated rings. The highest BCUT2D eigenvalue weighted by atomic mass is 32.2. The van der Waals surface area contributed by atoms with E-state index in [1.165, 1.54) is 10.9 Å². The third-order valence-electron chi connectivity index (χ3n) is 4.77. The van der Waals surface area contributed by atoms with Crippen molar-refractivity contribution >= 4 is 34.5 Å². The summed E-state index contributed by atoms with van der Waals surface area (Å²) in [6.07, 6.45) is 5.75. The lowest BCUT2D eigenvalue weighted by molar-refractivity contribution is -0.121. The van der Waals surface area contributed by atoms with Gasteiger partial charge in [0.15, 0.2) is 0 Å². The summed E-state index contributed by atoms with van der Waals surface area (Å²) in [5, 5.41) is 7.54. The van der Waals surface area contributed by atoms with E-state index in [0.29, 0.717) is 12.5 Å². The van der Waals surface area contributed by atoms with E-state index in [4.69, 9.17) is 0 Å². The average molecular weight is 412 g/mol. The summed E-state index contributed by atoms with van der Waals surface area (Å²) in [5.41, 5.74) is 3.01. The molecule has 154 valence electrons. The first kappa shape index (κ1) is 21.2. The third-order valence-corrected chi connectivity index (χ3v) is 5.41. The molecule has 0 saturated carbocycles. The number of rotatable bonds is 10. The summed E-state index contributed by atoms with van der Waals surface area (Å²) < 4.78 is 2.23. The van der Waals surface area contributed by atoms with Crippen molar-refractivity contribution in [1.29, 1.82) is 0 Å². The number of aromatic nitrogens is 3. The molecule has 0 radical (unpaired) electrons. The molecular formula is C22H29N5OS. The van der Waals surface area contributed by atoms with E-state index in [1.807, 2.05) is 32.2 Å². The number of para-hydroxylation sites is 1. The van der Waals surface area contributed by atoms with Gasteiger partial charge in [-0.3, -0.25) is 4.79 Å². The molecule has 0 aliphatic carbocycles. The molecule has 1 atom stereocenters. The van der Waals surface area contributed by atoms with Crippen molar-refractivity contribution in [3.05, 3.63) is 54.0 Å². The van der Waals surface area contributed by atoms with Gasteiger partial charge in [0.2, 0.25) is 11.9 Å². The number of thioether (sulfide) groups is 1. The molecular weight excluding hydrogens is 382 g/mol. The van der Waals surface area contributed by atoms with Crippen LogP contribution >= 0.6 is 11.8 Å². The first-order valence-electron chi connectivity index (χ1n) is 9.96. The van der Waals surface area contributed by atoms with Gasteiger partial charge in [0.05, 0.1) is 0 Å². The van der Waals surface area contributed by atoms with E-state index in [1.54, 1.807) is 11.8 Å². The number of nitrogens with one attached hydrogen (secondary N) is 2. The van der Waals surface area contributed by atoms with Crippen LogP contribution in [-0.4, -0.2) is 45.0 Å². The maximum absolute atomic E-state index is 12.8. The van der Waals surface area contributed by atoms with E-state index >= 15 is 0 Å². The summed E-state index contributed by atoms with van der Waals surface area (Å²) in [7, 11) is 0. The Hall–Kier alpha value is -2.54. The molecule has 7 heteroatoms.